The SMILES string of the molecule is CCOC(=O)Oc1nc(-c2ccccc2-c2ccc(Cn3c(SCC)nc4c(C)sc(C(=O)OC)c43)cc2)n(C)n1. The van der Waals surface area contributed by atoms with Gasteiger partial charge >= 0.3 is 18.1 Å². The van der Waals surface area contributed by atoms with Crippen molar-refractivity contribution in [2.75, 3.05) is 19.5 Å². The number of benzene rings is 2. The molecule has 0 aliphatic carbocycles. The molecular formula is C29H29N5O5S2. The molecule has 3 aromatic heterocycles. The Morgan fingerprint density at radius 1 is 1.02 bits per heavy atom. The standard InChI is InChI=1S/C29H29N5O5S2/c1-6-38-29(36)39-27-31-25(33(4)32-27)21-11-9-8-10-20(21)19-14-12-18(13-15-19)16-34-23-22(30-28(34)40-7-2)17(3)41-24(23)26(35)37-5/h8-15H,6-7,16H2,1-5H3. The molecule has 0 amide bonds. The Hall–Kier alpha value is -4.16. The predicted octanol–water partition coefficient (Wildman–Crippen LogP) is 6.35. The summed E-state index contributed by atoms with van der Waals surface area (Å²) in [5.74, 6) is 1.06. The highest BCUT2D eigenvalue weighted by atomic mass is 32.2. The van der Waals surface area contributed by atoms with Gasteiger partial charge < -0.3 is 18.8 Å². The molecule has 0 aliphatic rings. The van der Waals surface area contributed by atoms with E-state index in [2.05, 4.69) is 45.8 Å². The van der Waals surface area contributed by atoms with Gasteiger partial charge in [0.15, 0.2) is 11.0 Å². The highest BCUT2D eigenvalue weighted by Crippen LogP contribution is 2.36. The molecular weight excluding hydrogens is 562 g/mol. The Morgan fingerprint density at radius 2 is 1.76 bits per heavy atom. The second-order valence-electron chi connectivity index (χ2n) is 8.96. The molecule has 10 nitrogen and oxygen atoms in total. The summed E-state index contributed by atoms with van der Waals surface area (Å²) in [6.07, 6.45) is -0.847. The summed E-state index contributed by atoms with van der Waals surface area (Å²) in [4.78, 5) is 35.1. The number of aromatic nitrogens is 5. The van der Waals surface area contributed by atoms with Crippen LogP contribution in [0.3, 0.4) is 0 Å². The third kappa shape index (κ3) is 5.70. The number of thioether (sulfide) groups is 1. The Morgan fingerprint density at radius 3 is 2.44 bits per heavy atom. The topological polar surface area (TPSA) is 110 Å². The van der Waals surface area contributed by atoms with Gasteiger partial charge in [-0.25, -0.2) is 19.3 Å². The molecule has 0 spiro atoms. The summed E-state index contributed by atoms with van der Waals surface area (Å²) in [6, 6.07) is 16.0. The molecule has 0 radical (unpaired) electrons. The fourth-order valence-electron chi connectivity index (χ4n) is 4.54. The zero-order chi connectivity index (χ0) is 29.1. The number of esters is 1. The summed E-state index contributed by atoms with van der Waals surface area (Å²) in [7, 11) is 3.14. The van der Waals surface area contributed by atoms with Gasteiger partial charge in [0, 0.05) is 17.5 Å². The van der Waals surface area contributed by atoms with Crippen molar-refractivity contribution < 1.29 is 23.8 Å². The van der Waals surface area contributed by atoms with Gasteiger partial charge in [-0.15, -0.1) is 16.4 Å². The predicted molar refractivity (Wildman–Crippen MR) is 159 cm³/mol. The second kappa shape index (κ2) is 12.1. The van der Waals surface area contributed by atoms with Crippen molar-refractivity contribution in [2.24, 2.45) is 7.05 Å². The number of carbonyl (C=O) groups is 2. The van der Waals surface area contributed by atoms with Gasteiger partial charge in [-0.2, -0.15) is 4.98 Å². The molecule has 2 aromatic carbocycles. The number of carbonyl (C=O) groups excluding carboxylic acids is 2. The van der Waals surface area contributed by atoms with Crippen LogP contribution in [0.2, 0.25) is 0 Å². The fraction of sp³-hybridized carbons (Fsp3) is 0.276. The number of hydrogen-bond donors (Lipinski definition) is 0. The van der Waals surface area contributed by atoms with E-state index in [0.717, 1.165) is 49.1 Å². The van der Waals surface area contributed by atoms with Crippen molar-refractivity contribution in [1.82, 2.24) is 24.3 Å². The summed E-state index contributed by atoms with van der Waals surface area (Å²) >= 11 is 3.06. The van der Waals surface area contributed by atoms with E-state index in [9.17, 15) is 9.59 Å². The van der Waals surface area contributed by atoms with Crippen LogP contribution >= 0.6 is 23.1 Å². The molecule has 12 heteroatoms. The molecule has 0 unspecified atom stereocenters. The van der Waals surface area contributed by atoms with E-state index in [1.165, 1.54) is 18.4 Å². The summed E-state index contributed by atoms with van der Waals surface area (Å²) in [5, 5.41) is 5.09. The normalized spacial score (nSPS) is 11.1. The number of fused-ring (bicyclic) bond motifs is 1. The lowest BCUT2D eigenvalue weighted by molar-refractivity contribution is 0.0607. The third-order valence-electron chi connectivity index (χ3n) is 6.33. The molecule has 0 N–H and O–H groups in total. The minimum absolute atomic E-state index is 0.0755. The number of rotatable bonds is 9. The molecule has 0 saturated heterocycles. The molecule has 5 rings (SSSR count). The molecule has 0 aliphatic heterocycles. The quantitative estimate of drug-likeness (QED) is 0.143. The number of aryl methyl sites for hydroxylation is 2. The van der Waals surface area contributed by atoms with Crippen LogP contribution in [0.25, 0.3) is 33.5 Å². The summed E-state index contributed by atoms with van der Waals surface area (Å²) in [5.41, 5.74) is 5.49. The number of nitrogens with zero attached hydrogens (tertiary/aromatic N) is 5. The maximum absolute atomic E-state index is 12.6. The first-order valence-electron chi connectivity index (χ1n) is 13.0. The zero-order valence-electron chi connectivity index (χ0n) is 23.3. The minimum atomic E-state index is -0.847. The lowest BCUT2D eigenvalue weighted by Gasteiger charge is -2.12. The lowest BCUT2D eigenvalue weighted by atomic mass is 9.98. The number of ether oxygens (including phenoxy) is 3. The summed E-state index contributed by atoms with van der Waals surface area (Å²) < 4.78 is 18.7. The van der Waals surface area contributed by atoms with Gasteiger partial charge in [0.2, 0.25) is 0 Å². The van der Waals surface area contributed by atoms with Gasteiger partial charge in [0.05, 0.1) is 25.8 Å². The average Bonchev–Trinajstić information content (AvgIpc) is 3.61. The van der Waals surface area contributed by atoms with Gasteiger partial charge in [-0.05, 0) is 36.3 Å². The van der Waals surface area contributed by atoms with Crippen molar-refractivity contribution >= 4 is 46.3 Å². The largest absolute Gasteiger partial charge is 0.516 e. The van der Waals surface area contributed by atoms with Gasteiger partial charge in [0.25, 0.3) is 0 Å². The van der Waals surface area contributed by atoms with Crippen LogP contribution in [0.4, 0.5) is 4.79 Å². The van der Waals surface area contributed by atoms with Crippen LogP contribution in [-0.4, -0.2) is 55.9 Å². The molecule has 0 bridgehead atoms. The van der Waals surface area contributed by atoms with Crippen molar-refractivity contribution in [3.05, 3.63) is 63.8 Å². The Bertz CT molecular complexity index is 1720. The van der Waals surface area contributed by atoms with E-state index in [0.29, 0.717) is 17.2 Å². The van der Waals surface area contributed by atoms with Crippen LogP contribution in [0.15, 0.2) is 53.7 Å². The van der Waals surface area contributed by atoms with Gasteiger partial charge in [-0.3, -0.25) is 0 Å². The first-order valence-corrected chi connectivity index (χ1v) is 14.8. The molecule has 212 valence electrons. The average molecular weight is 592 g/mol. The number of methoxy groups -OCH3 is 1. The second-order valence-corrected chi connectivity index (χ2v) is 11.4. The highest BCUT2D eigenvalue weighted by molar-refractivity contribution is 7.99. The fourth-order valence-corrected chi connectivity index (χ4v) is 6.28. The van der Waals surface area contributed by atoms with E-state index in [1.807, 2.05) is 31.2 Å². The molecule has 41 heavy (non-hydrogen) atoms. The van der Waals surface area contributed by atoms with Crippen molar-refractivity contribution in [1.29, 1.82) is 0 Å². The number of imidazole rings is 1. The monoisotopic (exact) mass is 591 g/mol. The van der Waals surface area contributed by atoms with Gasteiger partial charge in [0.1, 0.15) is 10.4 Å². The lowest BCUT2D eigenvalue weighted by Crippen LogP contribution is -2.11. The van der Waals surface area contributed by atoms with Crippen LogP contribution < -0.4 is 4.74 Å². The molecule has 0 atom stereocenters. The first kappa shape index (κ1) is 28.4. The maximum atomic E-state index is 12.6. The number of thiophene rings is 1. The van der Waals surface area contributed by atoms with Crippen LogP contribution in [0, 0.1) is 6.92 Å². The van der Waals surface area contributed by atoms with E-state index < -0.39 is 6.16 Å². The molecule has 3 heterocycles. The Labute approximate surface area is 245 Å². The van der Waals surface area contributed by atoms with Crippen molar-refractivity contribution in [3.8, 4) is 28.5 Å². The number of hydrogen-bond acceptors (Lipinski definition) is 10. The smallest absolute Gasteiger partial charge is 0.465 e. The maximum Gasteiger partial charge on any atom is 0.516 e. The van der Waals surface area contributed by atoms with Crippen LogP contribution in [0.1, 0.15) is 34.0 Å². The molecule has 0 fully saturated rings. The zero-order valence-corrected chi connectivity index (χ0v) is 25.0. The molecule has 0 saturated carbocycles. The van der Waals surface area contributed by atoms with Crippen molar-refractivity contribution in [3.63, 3.8) is 0 Å². The van der Waals surface area contributed by atoms with E-state index in [4.69, 9.17) is 19.2 Å². The third-order valence-corrected chi connectivity index (χ3v) is 8.26. The Kier molecular flexibility index (Phi) is 8.41. The van der Waals surface area contributed by atoms with E-state index >= 15 is 0 Å². The van der Waals surface area contributed by atoms with E-state index in [1.54, 1.807) is 30.4 Å². The summed E-state index contributed by atoms with van der Waals surface area (Å²) in [6.45, 7) is 6.51. The van der Waals surface area contributed by atoms with Gasteiger partial charge in [-0.1, -0.05) is 67.2 Å². The van der Waals surface area contributed by atoms with Crippen LogP contribution in [-0.2, 0) is 23.1 Å². The first-order chi connectivity index (χ1) is 19.8. The minimum Gasteiger partial charge on any atom is -0.465 e. The van der Waals surface area contributed by atoms with E-state index in [-0.39, 0.29) is 18.6 Å². The van der Waals surface area contributed by atoms with Crippen molar-refractivity contribution in [2.45, 2.75) is 32.5 Å². The Balaban J connectivity index is 1.47. The molecule has 5 aromatic rings. The van der Waals surface area contributed by atoms with Crippen LogP contribution in [0.5, 0.6) is 6.01 Å². The highest BCUT2D eigenvalue weighted by Gasteiger charge is 2.24.